The molecule has 0 spiro atoms. The SMILES string of the molecule is C1=Cc2ncc(-c3cnn(C4CCNCC4)c3)cc2[NH2+]1. The first-order chi connectivity index (χ1) is 9.90. The first-order valence-electron chi connectivity index (χ1n) is 7.17. The Kier molecular flexibility index (Phi) is 2.86. The standard InChI is InChI=1S/C15H17N5/c1-4-16-5-2-13(1)20-10-12(9-19-20)11-7-15-14(18-8-11)3-6-17-15/h3,6-10,13,16-17H,1-2,4-5H2/p+1. The fourth-order valence-corrected chi connectivity index (χ4v) is 2.92. The van der Waals surface area contributed by atoms with Crippen molar-refractivity contribution in [2.24, 2.45) is 0 Å². The molecule has 2 aromatic rings. The van der Waals surface area contributed by atoms with Gasteiger partial charge in [-0.3, -0.25) is 10.00 Å². The van der Waals surface area contributed by atoms with E-state index in [1.165, 1.54) is 5.69 Å². The third-order valence-corrected chi connectivity index (χ3v) is 4.10. The van der Waals surface area contributed by atoms with E-state index in [-0.39, 0.29) is 0 Å². The summed E-state index contributed by atoms with van der Waals surface area (Å²) in [6, 6.07) is 2.71. The average Bonchev–Trinajstić information content (AvgIpc) is 3.16. The molecule has 5 nitrogen and oxygen atoms in total. The van der Waals surface area contributed by atoms with Crippen molar-refractivity contribution in [1.29, 1.82) is 0 Å². The van der Waals surface area contributed by atoms with Crippen molar-refractivity contribution in [2.45, 2.75) is 18.9 Å². The van der Waals surface area contributed by atoms with E-state index in [2.05, 4.69) is 37.7 Å². The summed E-state index contributed by atoms with van der Waals surface area (Å²) >= 11 is 0. The highest BCUT2D eigenvalue weighted by Crippen LogP contribution is 2.25. The molecule has 4 heterocycles. The lowest BCUT2D eigenvalue weighted by atomic mass is 10.1. The normalized spacial score (nSPS) is 18.4. The van der Waals surface area contributed by atoms with Crippen LogP contribution in [-0.2, 0) is 0 Å². The van der Waals surface area contributed by atoms with Crippen molar-refractivity contribution in [3.05, 3.63) is 36.6 Å². The summed E-state index contributed by atoms with van der Waals surface area (Å²) in [6.45, 7) is 2.17. The van der Waals surface area contributed by atoms with Crippen LogP contribution in [0.2, 0.25) is 0 Å². The van der Waals surface area contributed by atoms with E-state index in [1.807, 2.05) is 24.7 Å². The zero-order chi connectivity index (χ0) is 13.4. The van der Waals surface area contributed by atoms with Gasteiger partial charge in [0.15, 0.2) is 5.69 Å². The monoisotopic (exact) mass is 268 g/mol. The van der Waals surface area contributed by atoms with Crippen LogP contribution in [-0.4, -0.2) is 27.9 Å². The van der Waals surface area contributed by atoms with Crippen molar-refractivity contribution in [3.63, 3.8) is 0 Å². The minimum atomic E-state index is 0.528. The van der Waals surface area contributed by atoms with Crippen LogP contribution >= 0.6 is 0 Å². The lowest BCUT2D eigenvalue weighted by Gasteiger charge is -2.22. The molecule has 2 aliphatic rings. The zero-order valence-electron chi connectivity index (χ0n) is 11.3. The highest BCUT2D eigenvalue weighted by Gasteiger charge is 2.17. The van der Waals surface area contributed by atoms with Gasteiger partial charge < -0.3 is 5.32 Å². The van der Waals surface area contributed by atoms with Gasteiger partial charge in [0.25, 0.3) is 0 Å². The summed E-state index contributed by atoms with van der Waals surface area (Å²) in [5.74, 6) is 0. The lowest BCUT2D eigenvalue weighted by Crippen LogP contribution is -2.69. The number of nitrogens with two attached hydrogens (primary N) is 1. The molecule has 0 atom stereocenters. The van der Waals surface area contributed by atoms with Gasteiger partial charge in [-0.15, -0.1) is 0 Å². The smallest absolute Gasteiger partial charge is 0.160 e. The summed E-state index contributed by atoms with van der Waals surface area (Å²) in [7, 11) is 0. The van der Waals surface area contributed by atoms with E-state index in [1.54, 1.807) is 0 Å². The number of fused-ring (bicyclic) bond motifs is 1. The molecule has 1 saturated heterocycles. The van der Waals surface area contributed by atoms with Crippen molar-refractivity contribution in [3.8, 4) is 11.1 Å². The molecule has 4 rings (SSSR count). The summed E-state index contributed by atoms with van der Waals surface area (Å²) in [5, 5.41) is 10.0. The Morgan fingerprint density at radius 3 is 3.00 bits per heavy atom. The van der Waals surface area contributed by atoms with E-state index in [9.17, 15) is 0 Å². The third-order valence-electron chi connectivity index (χ3n) is 4.10. The second kappa shape index (κ2) is 4.85. The van der Waals surface area contributed by atoms with Gasteiger partial charge in [0.05, 0.1) is 12.2 Å². The van der Waals surface area contributed by atoms with Crippen LogP contribution in [0.4, 0.5) is 5.69 Å². The fourth-order valence-electron chi connectivity index (χ4n) is 2.92. The van der Waals surface area contributed by atoms with E-state index < -0.39 is 0 Å². The molecule has 2 aliphatic heterocycles. The number of nitrogens with one attached hydrogen (secondary N) is 1. The number of rotatable bonds is 2. The van der Waals surface area contributed by atoms with E-state index >= 15 is 0 Å². The first kappa shape index (κ1) is 11.8. The van der Waals surface area contributed by atoms with E-state index in [0.29, 0.717) is 6.04 Å². The molecule has 0 unspecified atom stereocenters. The molecule has 5 heteroatoms. The minimum Gasteiger partial charge on any atom is -0.317 e. The molecule has 3 N–H and O–H groups in total. The predicted octanol–water partition coefficient (Wildman–Crippen LogP) is 1.05. The van der Waals surface area contributed by atoms with Crippen LogP contribution in [0.5, 0.6) is 0 Å². The molecule has 0 bridgehead atoms. The van der Waals surface area contributed by atoms with Gasteiger partial charge in [-0.05, 0) is 25.9 Å². The molecular formula is C15H18N5+. The van der Waals surface area contributed by atoms with Gasteiger partial charge in [0.2, 0.25) is 0 Å². The van der Waals surface area contributed by atoms with Gasteiger partial charge >= 0.3 is 0 Å². The number of quaternary nitrogens is 1. The fraction of sp³-hybridized carbons (Fsp3) is 0.333. The van der Waals surface area contributed by atoms with Gasteiger partial charge in [0, 0.05) is 35.7 Å². The molecule has 2 aromatic heterocycles. The number of hydrogen-bond acceptors (Lipinski definition) is 3. The van der Waals surface area contributed by atoms with E-state index in [4.69, 9.17) is 0 Å². The largest absolute Gasteiger partial charge is 0.317 e. The Morgan fingerprint density at radius 1 is 1.20 bits per heavy atom. The van der Waals surface area contributed by atoms with Gasteiger partial charge in [-0.25, -0.2) is 4.98 Å². The van der Waals surface area contributed by atoms with Gasteiger partial charge in [-0.1, -0.05) is 0 Å². The Bertz CT molecular complexity index is 652. The maximum Gasteiger partial charge on any atom is 0.160 e. The number of pyridine rings is 1. The summed E-state index contributed by atoms with van der Waals surface area (Å²) in [5.41, 5.74) is 4.54. The molecule has 0 saturated carbocycles. The number of aromatic nitrogens is 3. The molecule has 0 aliphatic carbocycles. The Morgan fingerprint density at radius 2 is 2.10 bits per heavy atom. The van der Waals surface area contributed by atoms with Crippen LogP contribution in [0.15, 0.2) is 30.9 Å². The maximum atomic E-state index is 4.55. The zero-order valence-corrected chi connectivity index (χ0v) is 11.3. The Balaban J connectivity index is 1.61. The highest BCUT2D eigenvalue weighted by molar-refractivity contribution is 5.69. The summed E-state index contributed by atoms with van der Waals surface area (Å²) < 4.78 is 2.12. The number of nitrogens with zero attached hydrogens (tertiary/aromatic N) is 3. The van der Waals surface area contributed by atoms with Crippen molar-refractivity contribution < 1.29 is 5.32 Å². The van der Waals surface area contributed by atoms with Crippen LogP contribution in [0.1, 0.15) is 24.6 Å². The Hall–Kier alpha value is -1.98. The number of piperidine rings is 1. The predicted molar refractivity (Wildman–Crippen MR) is 77.2 cm³/mol. The third kappa shape index (κ3) is 2.05. The molecule has 20 heavy (non-hydrogen) atoms. The Labute approximate surface area is 117 Å². The van der Waals surface area contributed by atoms with Crippen molar-refractivity contribution >= 4 is 11.8 Å². The van der Waals surface area contributed by atoms with Crippen LogP contribution in [0, 0.1) is 0 Å². The van der Waals surface area contributed by atoms with Crippen LogP contribution < -0.4 is 10.6 Å². The van der Waals surface area contributed by atoms with Crippen LogP contribution in [0.3, 0.4) is 0 Å². The molecule has 0 radical (unpaired) electrons. The van der Waals surface area contributed by atoms with Crippen LogP contribution in [0.25, 0.3) is 17.2 Å². The highest BCUT2D eigenvalue weighted by atomic mass is 15.3. The summed E-state index contributed by atoms with van der Waals surface area (Å²) in [6.07, 6.45) is 12.4. The molecular weight excluding hydrogens is 250 g/mol. The molecule has 1 fully saturated rings. The average molecular weight is 268 g/mol. The van der Waals surface area contributed by atoms with Crippen molar-refractivity contribution in [1.82, 2.24) is 20.1 Å². The quantitative estimate of drug-likeness (QED) is 0.856. The topological polar surface area (TPSA) is 59.4 Å². The maximum absolute atomic E-state index is 4.55. The van der Waals surface area contributed by atoms with Gasteiger partial charge in [-0.2, -0.15) is 5.10 Å². The van der Waals surface area contributed by atoms with E-state index in [0.717, 1.165) is 42.8 Å². The first-order valence-corrected chi connectivity index (χ1v) is 7.17. The second-order valence-electron chi connectivity index (χ2n) is 5.41. The summed E-state index contributed by atoms with van der Waals surface area (Å²) in [4.78, 5) is 4.49. The molecule has 0 amide bonds. The van der Waals surface area contributed by atoms with Crippen molar-refractivity contribution in [2.75, 3.05) is 13.1 Å². The number of hydrogen-bond donors (Lipinski definition) is 2. The molecule has 0 aromatic carbocycles. The molecule has 102 valence electrons. The minimum absolute atomic E-state index is 0.528. The van der Waals surface area contributed by atoms with Gasteiger partial charge in [0.1, 0.15) is 11.9 Å². The second-order valence-corrected chi connectivity index (χ2v) is 5.41. The lowest BCUT2D eigenvalue weighted by molar-refractivity contribution is -0.491.